The van der Waals surface area contributed by atoms with E-state index in [0.29, 0.717) is 6.54 Å². The summed E-state index contributed by atoms with van der Waals surface area (Å²) in [6.07, 6.45) is 4.15. The van der Waals surface area contributed by atoms with Crippen molar-refractivity contribution >= 4 is 11.6 Å². The molecule has 0 atom stereocenters. The maximum Gasteiger partial charge on any atom is 0.191 e. The Balaban J connectivity index is 1.61. The summed E-state index contributed by atoms with van der Waals surface area (Å²) in [5.74, 6) is 0.858. The largest absolute Gasteiger partial charge is 0.378 e. The molecule has 0 bridgehead atoms. The summed E-state index contributed by atoms with van der Waals surface area (Å²) in [5, 5.41) is 6.74. The Morgan fingerprint density at radius 3 is 2.62 bits per heavy atom. The quantitative estimate of drug-likeness (QED) is 0.590. The third-order valence-corrected chi connectivity index (χ3v) is 4.42. The van der Waals surface area contributed by atoms with Crippen molar-refractivity contribution in [1.82, 2.24) is 15.2 Å². The Kier molecular flexibility index (Phi) is 6.96. The number of anilines is 1. The minimum absolute atomic E-state index is 0.659. The Bertz CT molecular complexity index is 677. The number of rotatable bonds is 7. The van der Waals surface area contributed by atoms with Crippen LogP contribution in [0.25, 0.3) is 0 Å². The van der Waals surface area contributed by atoms with E-state index in [2.05, 4.69) is 63.7 Å². The second-order valence-corrected chi connectivity index (χ2v) is 6.27. The second-order valence-electron chi connectivity index (χ2n) is 6.27. The van der Waals surface area contributed by atoms with Crippen molar-refractivity contribution in [3.8, 4) is 0 Å². The molecule has 1 fully saturated rings. The molecule has 0 spiro atoms. The topological polar surface area (TPSA) is 53.8 Å². The summed E-state index contributed by atoms with van der Waals surface area (Å²) in [6, 6.07) is 12.6. The molecule has 0 amide bonds. The molecule has 26 heavy (non-hydrogen) atoms. The Labute approximate surface area is 155 Å². The number of guanidine groups is 1. The maximum absolute atomic E-state index is 5.47. The van der Waals surface area contributed by atoms with Crippen LogP contribution in [-0.2, 0) is 17.8 Å². The summed E-state index contributed by atoms with van der Waals surface area (Å²) in [7, 11) is 0. The molecule has 1 aromatic heterocycles. The van der Waals surface area contributed by atoms with E-state index in [1.165, 1.54) is 11.3 Å². The van der Waals surface area contributed by atoms with Gasteiger partial charge in [-0.25, -0.2) is 4.99 Å². The smallest absolute Gasteiger partial charge is 0.191 e. The summed E-state index contributed by atoms with van der Waals surface area (Å²) in [5.41, 5.74) is 2.51. The SMILES string of the molecule is CCNC(=NCc1ccccc1N1CCOCC1)NCCn1cccc1. The molecule has 140 valence electrons. The number of nitrogens with zero attached hydrogens (tertiary/aromatic N) is 3. The molecular weight excluding hydrogens is 326 g/mol. The molecule has 2 N–H and O–H groups in total. The van der Waals surface area contributed by atoms with Gasteiger partial charge in [0.2, 0.25) is 0 Å². The molecule has 1 aliphatic heterocycles. The monoisotopic (exact) mass is 355 g/mol. The lowest BCUT2D eigenvalue weighted by Gasteiger charge is -2.30. The van der Waals surface area contributed by atoms with Crippen molar-refractivity contribution in [2.45, 2.75) is 20.0 Å². The van der Waals surface area contributed by atoms with E-state index in [-0.39, 0.29) is 0 Å². The first-order valence-electron chi connectivity index (χ1n) is 9.40. The summed E-state index contributed by atoms with van der Waals surface area (Å²) in [4.78, 5) is 7.17. The number of hydrogen-bond donors (Lipinski definition) is 2. The number of ether oxygens (including phenoxy) is 1. The lowest BCUT2D eigenvalue weighted by atomic mass is 10.1. The van der Waals surface area contributed by atoms with Gasteiger partial charge < -0.3 is 24.8 Å². The molecule has 3 rings (SSSR count). The highest BCUT2D eigenvalue weighted by molar-refractivity contribution is 5.79. The average molecular weight is 355 g/mol. The van der Waals surface area contributed by atoms with Gasteiger partial charge in [0.25, 0.3) is 0 Å². The molecule has 0 saturated carbocycles. The van der Waals surface area contributed by atoms with Crippen molar-refractivity contribution in [2.24, 2.45) is 4.99 Å². The number of morpholine rings is 1. The fourth-order valence-electron chi connectivity index (χ4n) is 3.09. The third kappa shape index (κ3) is 5.26. The normalized spacial score (nSPS) is 15.1. The average Bonchev–Trinajstić information content (AvgIpc) is 3.20. The van der Waals surface area contributed by atoms with Gasteiger partial charge in [0.05, 0.1) is 19.8 Å². The van der Waals surface area contributed by atoms with Crippen LogP contribution >= 0.6 is 0 Å². The van der Waals surface area contributed by atoms with Crippen LogP contribution in [0.2, 0.25) is 0 Å². The van der Waals surface area contributed by atoms with E-state index in [0.717, 1.165) is 51.9 Å². The second kappa shape index (κ2) is 9.87. The first kappa shape index (κ1) is 18.3. The van der Waals surface area contributed by atoms with Crippen LogP contribution in [0.4, 0.5) is 5.69 Å². The van der Waals surface area contributed by atoms with Crippen LogP contribution in [0.1, 0.15) is 12.5 Å². The summed E-state index contributed by atoms with van der Waals surface area (Å²) >= 11 is 0. The van der Waals surface area contributed by atoms with E-state index in [9.17, 15) is 0 Å². The lowest BCUT2D eigenvalue weighted by Crippen LogP contribution is -2.39. The Morgan fingerprint density at radius 1 is 1.08 bits per heavy atom. The van der Waals surface area contributed by atoms with Gasteiger partial charge >= 0.3 is 0 Å². The van der Waals surface area contributed by atoms with E-state index < -0.39 is 0 Å². The maximum atomic E-state index is 5.47. The number of aliphatic imine (C=N–C) groups is 1. The first-order valence-corrected chi connectivity index (χ1v) is 9.40. The highest BCUT2D eigenvalue weighted by atomic mass is 16.5. The van der Waals surface area contributed by atoms with Gasteiger partial charge in [0.15, 0.2) is 5.96 Å². The molecule has 2 aromatic rings. The van der Waals surface area contributed by atoms with Gasteiger partial charge in [0.1, 0.15) is 0 Å². The van der Waals surface area contributed by atoms with Crippen molar-refractivity contribution in [2.75, 3.05) is 44.3 Å². The fourth-order valence-corrected chi connectivity index (χ4v) is 3.09. The number of benzene rings is 1. The van der Waals surface area contributed by atoms with Gasteiger partial charge in [-0.1, -0.05) is 18.2 Å². The number of aromatic nitrogens is 1. The number of para-hydroxylation sites is 1. The van der Waals surface area contributed by atoms with Crippen LogP contribution in [0.3, 0.4) is 0 Å². The first-order chi connectivity index (χ1) is 12.9. The van der Waals surface area contributed by atoms with Crippen LogP contribution in [0, 0.1) is 0 Å². The molecule has 0 unspecified atom stereocenters. The highest BCUT2D eigenvalue weighted by Crippen LogP contribution is 2.22. The molecular formula is C20H29N5O. The summed E-state index contributed by atoms with van der Waals surface area (Å²) in [6.45, 7) is 8.82. The number of nitrogens with one attached hydrogen (secondary N) is 2. The van der Waals surface area contributed by atoms with Crippen LogP contribution in [0.15, 0.2) is 53.8 Å². The van der Waals surface area contributed by atoms with Crippen LogP contribution in [-0.4, -0.2) is 49.9 Å². The predicted octanol–water partition coefficient (Wildman–Crippen LogP) is 2.08. The zero-order chi connectivity index (χ0) is 18.0. The van der Waals surface area contributed by atoms with Crippen molar-refractivity contribution in [3.05, 3.63) is 54.4 Å². The molecule has 1 saturated heterocycles. The van der Waals surface area contributed by atoms with Gasteiger partial charge in [-0.2, -0.15) is 0 Å². The third-order valence-electron chi connectivity index (χ3n) is 4.42. The van der Waals surface area contributed by atoms with E-state index in [1.54, 1.807) is 0 Å². The van der Waals surface area contributed by atoms with E-state index in [4.69, 9.17) is 9.73 Å². The zero-order valence-corrected chi connectivity index (χ0v) is 15.5. The fraction of sp³-hybridized carbons (Fsp3) is 0.450. The zero-order valence-electron chi connectivity index (χ0n) is 15.5. The van der Waals surface area contributed by atoms with Gasteiger partial charge in [-0.05, 0) is 30.7 Å². The summed E-state index contributed by atoms with van der Waals surface area (Å²) < 4.78 is 7.63. The standard InChI is InChI=1S/C20H29N5O/c1-2-21-20(22-9-12-24-10-5-6-11-24)23-17-18-7-3-4-8-19(18)25-13-15-26-16-14-25/h3-8,10-11H,2,9,12-17H2,1H3,(H2,21,22,23). The van der Waals surface area contributed by atoms with Gasteiger partial charge in [-0.15, -0.1) is 0 Å². The van der Waals surface area contributed by atoms with Crippen molar-refractivity contribution in [1.29, 1.82) is 0 Å². The minimum Gasteiger partial charge on any atom is -0.378 e. The van der Waals surface area contributed by atoms with Crippen molar-refractivity contribution in [3.63, 3.8) is 0 Å². The molecule has 1 aromatic carbocycles. The Morgan fingerprint density at radius 2 is 1.85 bits per heavy atom. The van der Waals surface area contributed by atoms with Crippen LogP contribution in [0.5, 0.6) is 0 Å². The highest BCUT2D eigenvalue weighted by Gasteiger charge is 2.14. The lowest BCUT2D eigenvalue weighted by molar-refractivity contribution is 0.122. The minimum atomic E-state index is 0.659. The molecule has 6 heteroatoms. The van der Waals surface area contributed by atoms with E-state index in [1.807, 2.05) is 12.1 Å². The Hall–Kier alpha value is -2.47. The van der Waals surface area contributed by atoms with Crippen molar-refractivity contribution < 1.29 is 4.74 Å². The van der Waals surface area contributed by atoms with E-state index >= 15 is 0 Å². The molecule has 1 aliphatic rings. The molecule has 2 heterocycles. The van der Waals surface area contributed by atoms with Gasteiger partial charge in [0, 0.05) is 50.8 Å². The van der Waals surface area contributed by atoms with Crippen LogP contribution < -0.4 is 15.5 Å². The predicted molar refractivity (Wildman–Crippen MR) is 107 cm³/mol. The molecule has 6 nitrogen and oxygen atoms in total. The molecule has 0 aliphatic carbocycles. The molecule has 0 radical (unpaired) electrons. The number of hydrogen-bond acceptors (Lipinski definition) is 3. The van der Waals surface area contributed by atoms with Gasteiger partial charge in [-0.3, -0.25) is 0 Å².